The van der Waals surface area contributed by atoms with E-state index >= 15 is 0 Å². The van der Waals surface area contributed by atoms with Gasteiger partial charge in [0.1, 0.15) is 0 Å². The average Bonchev–Trinajstić information content (AvgIpc) is 2.65. The van der Waals surface area contributed by atoms with Gasteiger partial charge in [-0.2, -0.15) is 0 Å². The molecule has 0 aliphatic heterocycles. The predicted molar refractivity (Wildman–Crippen MR) is 106 cm³/mol. The van der Waals surface area contributed by atoms with Gasteiger partial charge >= 0.3 is 0 Å². The summed E-state index contributed by atoms with van der Waals surface area (Å²) in [6.45, 7) is 6.32. The molecule has 144 valence electrons. The Morgan fingerprint density at radius 3 is 2.44 bits per heavy atom. The maximum atomic E-state index is 12.3. The second kappa shape index (κ2) is 9.83. The van der Waals surface area contributed by atoms with E-state index in [1.165, 1.54) is 0 Å². The fourth-order valence-corrected chi connectivity index (χ4v) is 2.57. The van der Waals surface area contributed by atoms with E-state index in [-0.39, 0.29) is 18.4 Å². The van der Waals surface area contributed by atoms with E-state index in [1.807, 2.05) is 20.8 Å². The highest BCUT2D eigenvalue weighted by Crippen LogP contribution is 2.28. The molecule has 0 aliphatic rings. The Hall–Kier alpha value is -2.73. The Morgan fingerprint density at radius 2 is 1.74 bits per heavy atom. The van der Waals surface area contributed by atoms with Crippen LogP contribution in [0.2, 0.25) is 5.02 Å². The number of ether oxygens (including phenoxy) is 2. The summed E-state index contributed by atoms with van der Waals surface area (Å²) < 4.78 is 11.0. The highest BCUT2D eigenvalue weighted by molar-refractivity contribution is 6.31. The lowest BCUT2D eigenvalue weighted by Gasteiger charge is -2.13. The van der Waals surface area contributed by atoms with Crippen LogP contribution >= 0.6 is 11.6 Å². The molecule has 0 unspecified atom stereocenters. The maximum Gasteiger partial charge on any atom is 0.251 e. The predicted octanol–water partition coefficient (Wildman–Crippen LogP) is 3.81. The van der Waals surface area contributed by atoms with Gasteiger partial charge in [0.15, 0.2) is 11.5 Å². The van der Waals surface area contributed by atoms with Gasteiger partial charge in [-0.15, -0.1) is 0 Å². The van der Waals surface area contributed by atoms with E-state index in [4.69, 9.17) is 21.1 Å². The van der Waals surface area contributed by atoms with Crippen LogP contribution in [0.4, 0.5) is 5.69 Å². The molecule has 0 saturated heterocycles. The first-order valence-corrected chi connectivity index (χ1v) is 9.06. The second-order valence-corrected chi connectivity index (χ2v) is 6.08. The van der Waals surface area contributed by atoms with Crippen LogP contribution in [0, 0.1) is 6.92 Å². The Balaban J connectivity index is 1.99. The van der Waals surface area contributed by atoms with Crippen molar-refractivity contribution in [1.29, 1.82) is 0 Å². The van der Waals surface area contributed by atoms with Crippen LogP contribution in [0.5, 0.6) is 11.5 Å². The van der Waals surface area contributed by atoms with E-state index in [2.05, 4.69) is 10.6 Å². The number of rotatable bonds is 8. The van der Waals surface area contributed by atoms with Crippen molar-refractivity contribution in [2.75, 3.05) is 25.1 Å². The molecule has 2 rings (SSSR count). The smallest absolute Gasteiger partial charge is 0.251 e. The zero-order valence-corrected chi connectivity index (χ0v) is 16.4. The molecule has 0 atom stereocenters. The van der Waals surface area contributed by atoms with Gasteiger partial charge in [0.2, 0.25) is 5.91 Å². The molecule has 0 aliphatic carbocycles. The zero-order valence-electron chi connectivity index (χ0n) is 15.6. The topological polar surface area (TPSA) is 76.7 Å². The Kier molecular flexibility index (Phi) is 7.49. The number of anilines is 1. The third-order valence-corrected chi connectivity index (χ3v) is 4.17. The lowest BCUT2D eigenvalue weighted by Crippen LogP contribution is -2.33. The Labute approximate surface area is 163 Å². The lowest BCUT2D eigenvalue weighted by molar-refractivity contribution is -0.115. The molecule has 2 N–H and O–H groups in total. The van der Waals surface area contributed by atoms with Crippen molar-refractivity contribution in [2.45, 2.75) is 20.8 Å². The number of carbonyl (C=O) groups is 2. The van der Waals surface area contributed by atoms with Gasteiger partial charge in [0, 0.05) is 16.3 Å². The molecular formula is C20H23ClN2O4. The first-order chi connectivity index (χ1) is 13.0. The fraction of sp³-hybridized carbons (Fsp3) is 0.300. The number of carbonyl (C=O) groups excluding carboxylic acids is 2. The van der Waals surface area contributed by atoms with Crippen molar-refractivity contribution < 1.29 is 19.1 Å². The number of halogens is 1. The van der Waals surface area contributed by atoms with Gasteiger partial charge in [-0.1, -0.05) is 17.7 Å². The summed E-state index contributed by atoms with van der Waals surface area (Å²) in [5.41, 5.74) is 1.77. The van der Waals surface area contributed by atoms with Crippen molar-refractivity contribution in [3.63, 3.8) is 0 Å². The molecule has 0 saturated carbocycles. The number of hydrogen-bond acceptors (Lipinski definition) is 4. The van der Waals surface area contributed by atoms with Gasteiger partial charge in [-0.05, 0) is 56.7 Å². The average molecular weight is 391 g/mol. The summed E-state index contributed by atoms with van der Waals surface area (Å²) in [4.78, 5) is 24.4. The van der Waals surface area contributed by atoms with Crippen LogP contribution in [0.15, 0.2) is 36.4 Å². The maximum absolute atomic E-state index is 12.3. The van der Waals surface area contributed by atoms with Crippen molar-refractivity contribution in [3.8, 4) is 11.5 Å². The first kappa shape index (κ1) is 20.6. The van der Waals surface area contributed by atoms with Crippen LogP contribution in [-0.2, 0) is 4.79 Å². The van der Waals surface area contributed by atoms with E-state index < -0.39 is 0 Å². The molecule has 2 aromatic rings. The highest BCUT2D eigenvalue weighted by atomic mass is 35.5. The largest absolute Gasteiger partial charge is 0.490 e. The van der Waals surface area contributed by atoms with Gasteiger partial charge in [0.05, 0.1) is 19.8 Å². The first-order valence-electron chi connectivity index (χ1n) is 8.69. The summed E-state index contributed by atoms with van der Waals surface area (Å²) in [6, 6.07) is 10.2. The molecule has 7 heteroatoms. The summed E-state index contributed by atoms with van der Waals surface area (Å²) in [5.74, 6) is 0.345. The fourth-order valence-electron chi connectivity index (χ4n) is 2.39. The standard InChI is InChI=1S/C20H23ClN2O4/c1-4-26-17-10-9-14(11-18(17)27-5-2)20(25)22-12-19(24)23-16-8-6-7-15(21)13(16)3/h6-11H,4-5,12H2,1-3H3,(H,22,25)(H,23,24). The SMILES string of the molecule is CCOc1ccc(C(=O)NCC(=O)Nc2cccc(Cl)c2C)cc1OCC. The van der Waals surface area contributed by atoms with E-state index in [0.717, 1.165) is 5.56 Å². The molecule has 2 amide bonds. The quantitative estimate of drug-likeness (QED) is 0.718. The van der Waals surface area contributed by atoms with E-state index in [9.17, 15) is 9.59 Å². The van der Waals surface area contributed by atoms with Crippen LogP contribution in [-0.4, -0.2) is 31.6 Å². The molecular weight excluding hydrogens is 368 g/mol. The number of nitrogens with one attached hydrogen (secondary N) is 2. The molecule has 0 spiro atoms. The normalized spacial score (nSPS) is 10.2. The molecule has 0 bridgehead atoms. The minimum absolute atomic E-state index is 0.165. The van der Waals surface area contributed by atoms with Crippen LogP contribution in [0.25, 0.3) is 0 Å². The molecule has 2 aromatic carbocycles. The van der Waals surface area contributed by atoms with E-state index in [0.29, 0.717) is 41.0 Å². The van der Waals surface area contributed by atoms with Crippen LogP contribution in [0.1, 0.15) is 29.8 Å². The van der Waals surface area contributed by atoms with Gasteiger partial charge < -0.3 is 20.1 Å². The third-order valence-electron chi connectivity index (χ3n) is 3.76. The molecule has 6 nitrogen and oxygen atoms in total. The summed E-state index contributed by atoms with van der Waals surface area (Å²) >= 11 is 6.04. The number of benzene rings is 2. The summed E-state index contributed by atoms with van der Waals surface area (Å²) in [7, 11) is 0. The lowest BCUT2D eigenvalue weighted by atomic mass is 10.2. The monoisotopic (exact) mass is 390 g/mol. The second-order valence-electron chi connectivity index (χ2n) is 5.67. The Bertz CT molecular complexity index is 824. The van der Waals surface area contributed by atoms with Crippen molar-refractivity contribution in [3.05, 3.63) is 52.5 Å². The molecule has 0 radical (unpaired) electrons. The number of amides is 2. The third kappa shape index (κ3) is 5.62. The minimum Gasteiger partial charge on any atom is -0.490 e. The molecule has 0 fully saturated rings. The number of hydrogen-bond donors (Lipinski definition) is 2. The van der Waals surface area contributed by atoms with Crippen molar-refractivity contribution in [2.24, 2.45) is 0 Å². The zero-order chi connectivity index (χ0) is 19.8. The highest BCUT2D eigenvalue weighted by Gasteiger charge is 2.13. The van der Waals surface area contributed by atoms with Gasteiger partial charge in [-0.25, -0.2) is 0 Å². The molecule has 27 heavy (non-hydrogen) atoms. The molecule has 0 heterocycles. The summed E-state index contributed by atoms with van der Waals surface area (Å²) in [5, 5.41) is 5.89. The van der Waals surface area contributed by atoms with Crippen molar-refractivity contribution >= 4 is 29.1 Å². The summed E-state index contributed by atoms with van der Waals surface area (Å²) in [6.07, 6.45) is 0. The van der Waals surface area contributed by atoms with Gasteiger partial charge in [0.25, 0.3) is 5.91 Å². The minimum atomic E-state index is -0.378. The Morgan fingerprint density at radius 1 is 1.04 bits per heavy atom. The van der Waals surface area contributed by atoms with Crippen LogP contribution < -0.4 is 20.1 Å². The van der Waals surface area contributed by atoms with E-state index in [1.54, 1.807) is 36.4 Å². The molecule has 0 aromatic heterocycles. The van der Waals surface area contributed by atoms with Crippen LogP contribution in [0.3, 0.4) is 0 Å². The van der Waals surface area contributed by atoms with Gasteiger partial charge in [-0.3, -0.25) is 9.59 Å². The van der Waals surface area contributed by atoms with Crippen molar-refractivity contribution in [1.82, 2.24) is 5.32 Å².